The molecule has 0 saturated heterocycles. The van der Waals surface area contributed by atoms with E-state index in [0.717, 1.165) is 49.6 Å². The van der Waals surface area contributed by atoms with Crippen LogP contribution in [-0.2, 0) is 0 Å². The average Bonchev–Trinajstić information content (AvgIpc) is 3.98. The second kappa shape index (κ2) is 16.7. The van der Waals surface area contributed by atoms with Gasteiger partial charge in [0.15, 0.2) is 17.5 Å². The first-order valence-corrected chi connectivity index (χ1v) is 25.5. The Labute approximate surface area is 434 Å². The summed E-state index contributed by atoms with van der Waals surface area (Å²) in [5.74, 6) is 1.81. The van der Waals surface area contributed by atoms with Crippen LogP contribution in [0, 0.1) is 0 Å². The zero-order valence-corrected chi connectivity index (χ0v) is 43.5. The highest BCUT2D eigenvalue weighted by Crippen LogP contribution is 2.43. The lowest BCUT2D eigenvalue weighted by molar-refractivity contribution is 0.669. The number of hydrogen-bond donors (Lipinski definition) is 0. The fourth-order valence-corrected chi connectivity index (χ4v) is 12.6. The summed E-state index contributed by atoms with van der Waals surface area (Å²) in [7, 11) is 25.4. The van der Waals surface area contributed by atoms with E-state index < -0.39 is 0 Å². The van der Waals surface area contributed by atoms with Crippen LogP contribution in [-0.4, -0.2) is 106 Å². The van der Waals surface area contributed by atoms with Crippen molar-refractivity contribution in [3.8, 4) is 51.0 Å². The summed E-state index contributed by atoms with van der Waals surface area (Å²) < 4.78 is 9.10. The summed E-state index contributed by atoms with van der Waals surface area (Å²) >= 11 is 0. The number of para-hydroxylation sites is 1. The molecular weight excluding hydrogens is 876 g/mol. The van der Waals surface area contributed by atoms with Crippen LogP contribution in [0.25, 0.3) is 127 Å². The molecule has 0 amide bonds. The first-order chi connectivity index (χ1) is 35.3. The number of aromatic nitrogens is 4. The average molecular weight is 921 g/mol. The third kappa shape index (κ3) is 6.54. The Morgan fingerprint density at radius 1 is 0.329 bits per heavy atom. The Bertz CT molecular complexity index is 4560. The highest BCUT2D eigenvalue weighted by atomic mass is 16.3. The van der Waals surface area contributed by atoms with Gasteiger partial charge in [0.1, 0.15) is 97.5 Å². The number of nitrogens with zero attached hydrogens (tertiary/aromatic N) is 4. The Morgan fingerprint density at radius 2 is 0.836 bits per heavy atom. The van der Waals surface area contributed by atoms with E-state index >= 15 is 0 Å². The molecule has 332 valence electrons. The largest absolute Gasteiger partial charge is 0.456 e. The maximum atomic E-state index is 6.46. The van der Waals surface area contributed by atoms with E-state index in [2.05, 4.69) is 200 Å². The minimum Gasteiger partial charge on any atom is -0.456 e. The van der Waals surface area contributed by atoms with Crippen LogP contribution in [0.15, 0.2) is 144 Å². The van der Waals surface area contributed by atoms with Gasteiger partial charge in [-0.25, -0.2) is 15.0 Å². The smallest absolute Gasteiger partial charge is 0.164 e. The molecule has 3 aromatic heterocycles. The van der Waals surface area contributed by atoms with Crippen molar-refractivity contribution in [1.29, 1.82) is 0 Å². The normalized spacial score (nSPS) is 11.9. The number of fused-ring (bicyclic) bond motifs is 12. The van der Waals surface area contributed by atoms with Crippen molar-refractivity contribution in [3.63, 3.8) is 0 Å². The molecule has 0 saturated carbocycles. The number of rotatable bonds is 5. The summed E-state index contributed by atoms with van der Waals surface area (Å²) in [6, 6.07) is 49.7. The molecule has 0 spiro atoms. The van der Waals surface area contributed by atoms with Crippen molar-refractivity contribution in [1.82, 2.24) is 19.5 Å². The minimum atomic E-state index is 0.592. The Hall–Kier alpha value is -7.70. The van der Waals surface area contributed by atoms with E-state index in [9.17, 15) is 0 Å². The zero-order chi connectivity index (χ0) is 50.3. The lowest BCUT2D eigenvalue weighted by atomic mass is 9.61. The Balaban J connectivity index is 1.21. The number of furan rings is 1. The lowest BCUT2D eigenvalue weighted by Gasteiger charge is -2.25. The van der Waals surface area contributed by atoms with Crippen LogP contribution in [0.4, 0.5) is 0 Å². The fraction of sp³-hybridized carbons (Fsp3) is 0. The molecule has 0 radical (unpaired) electrons. The van der Waals surface area contributed by atoms with Crippen molar-refractivity contribution in [2.24, 2.45) is 0 Å². The van der Waals surface area contributed by atoms with Gasteiger partial charge >= 0.3 is 0 Å². The quantitative estimate of drug-likeness (QED) is 0.130. The number of benzene rings is 10. The SMILES string of the molecule is Bc1cc(B)c2c(c1B)c1c(B)c(-c3cc4c5ccccc5c5ccccc5c4cc3-c3nc(-c4ccccc4)nc(-c4cccc5oc6ccccc6c45)n3)c(B)c(B)c1n2-c1c(B)c(B)c(B)c(B)c1B. The third-order valence-corrected chi connectivity index (χ3v) is 16.9. The van der Waals surface area contributed by atoms with Gasteiger partial charge in [-0.05, 0) is 73.1 Å². The van der Waals surface area contributed by atoms with E-state index in [1.165, 1.54) is 120 Å². The van der Waals surface area contributed by atoms with Crippen LogP contribution < -0.4 is 60.1 Å². The zero-order valence-electron chi connectivity index (χ0n) is 43.5. The molecule has 3 heterocycles. The summed E-state index contributed by atoms with van der Waals surface area (Å²) in [6.45, 7) is 0. The molecule has 0 bridgehead atoms. The minimum absolute atomic E-state index is 0.592. The number of hydrogen-bond acceptors (Lipinski definition) is 4. The summed E-state index contributed by atoms with van der Waals surface area (Å²) in [4.78, 5) is 16.5. The standard InChI is InChI=1S/C57H45B11N4O/c58-35-23-36(59)52-41(43(35)60)42-44(61)40(45(62)49(66)53(42)72(52)54-50(67)47(64)46(63)48(65)51(54)68)33-21-31-27-15-6-4-13-25(27)26-14-5-7-16-28(26)32(31)22-34(33)57-70-55(24-11-2-1-3-12-24)69-56(71-57)30-18-10-20-38-39(30)29-17-8-9-19-37(29)73-38/h1-23H,58-68H2. The maximum Gasteiger partial charge on any atom is 0.164 e. The lowest BCUT2D eigenvalue weighted by Crippen LogP contribution is -2.56. The van der Waals surface area contributed by atoms with E-state index in [1.807, 2.05) is 30.3 Å². The van der Waals surface area contributed by atoms with Gasteiger partial charge in [-0.1, -0.05) is 170 Å². The molecule has 0 aliphatic rings. The topological polar surface area (TPSA) is 56.7 Å². The van der Waals surface area contributed by atoms with Gasteiger partial charge in [0.25, 0.3) is 0 Å². The molecule has 0 atom stereocenters. The summed E-state index contributed by atoms with van der Waals surface area (Å²) in [5, 5.41) is 11.8. The van der Waals surface area contributed by atoms with Gasteiger partial charge in [0.05, 0.1) is 0 Å². The molecule has 73 heavy (non-hydrogen) atoms. The molecular formula is C57H45B11N4O. The fourth-order valence-electron chi connectivity index (χ4n) is 12.6. The molecule has 16 heteroatoms. The highest BCUT2D eigenvalue weighted by molar-refractivity contribution is 6.69. The van der Waals surface area contributed by atoms with Gasteiger partial charge in [0.2, 0.25) is 0 Å². The molecule has 5 nitrogen and oxygen atoms in total. The predicted octanol–water partition coefficient (Wildman–Crippen LogP) is -4.16. The van der Waals surface area contributed by atoms with Crippen molar-refractivity contribution in [3.05, 3.63) is 140 Å². The predicted molar refractivity (Wildman–Crippen MR) is 346 cm³/mol. The van der Waals surface area contributed by atoms with Crippen LogP contribution in [0.5, 0.6) is 0 Å². The monoisotopic (exact) mass is 922 g/mol. The first kappa shape index (κ1) is 45.2. The van der Waals surface area contributed by atoms with Gasteiger partial charge in [-0.3, -0.25) is 0 Å². The van der Waals surface area contributed by atoms with Gasteiger partial charge in [-0.15, -0.1) is 5.46 Å². The second-order valence-corrected chi connectivity index (χ2v) is 20.6. The molecule has 0 unspecified atom stereocenters. The molecule has 0 N–H and O–H groups in total. The molecule has 0 aliphatic heterocycles. The van der Waals surface area contributed by atoms with Crippen LogP contribution >= 0.6 is 0 Å². The van der Waals surface area contributed by atoms with E-state index in [-0.39, 0.29) is 0 Å². The second-order valence-electron chi connectivity index (χ2n) is 20.6. The maximum absolute atomic E-state index is 6.46. The molecule has 10 aromatic carbocycles. The van der Waals surface area contributed by atoms with Gasteiger partial charge in [0, 0.05) is 49.6 Å². The molecule has 13 rings (SSSR count). The molecule has 0 aliphatic carbocycles. The Morgan fingerprint density at radius 3 is 1.48 bits per heavy atom. The van der Waals surface area contributed by atoms with Crippen LogP contribution in [0.2, 0.25) is 0 Å². The van der Waals surface area contributed by atoms with Crippen molar-refractivity contribution < 1.29 is 4.42 Å². The molecule has 13 aromatic rings. The molecule has 0 fully saturated rings. The van der Waals surface area contributed by atoms with Crippen molar-refractivity contribution in [2.75, 3.05) is 0 Å². The summed E-state index contributed by atoms with van der Waals surface area (Å²) in [5.41, 5.74) is 24.8. The van der Waals surface area contributed by atoms with Crippen LogP contribution in [0.3, 0.4) is 0 Å². The van der Waals surface area contributed by atoms with Crippen LogP contribution in [0.1, 0.15) is 0 Å². The van der Waals surface area contributed by atoms with E-state index in [4.69, 9.17) is 19.4 Å². The van der Waals surface area contributed by atoms with Crippen molar-refractivity contribution >= 4 is 222 Å². The third-order valence-electron chi connectivity index (χ3n) is 16.9. The van der Waals surface area contributed by atoms with Crippen molar-refractivity contribution in [2.45, 2.75) is 0 Å². The Kier molecular flexibility index (Phi) is 10.3. The highest BCUT2D eigenvalue weighted by Gasteiger charge is 2.28. The van der Waals surface area contributed by atoms with Gasteiger partial charge in [-0.2, -0.15) is 0 Å². The van der Waals surface area contributed by atoms with E-state index in [1.54, 1.807) is 0 Å². The van der Waals surface area contributed by atoms with E-state index in [0.29, 0.717) is 17.5 Å². The first-order valence-electron chi connectivity index (χ1n) is 25.5. The summed E-state index contributed by atoms with van der Waals surface area (Å²) in [6.07, 6.45) is 0. The van der Waals surface area contributed by atoms with Gasteiger partial charge < -0.3 is 8.98 Å².